The van der Waals surface area contributed by atoms with Gasteiger partial charge in [-0.25, -0.2) is 4.79 Å². The van der Waals surface area contributed by atoms with Crippen molar-refractivity contribution in [2.24, 2.45) is 0 Å². The van der Waals surface area contributed by atoms with E-state index in [0.717, 1.165) is 16.2 Å². The smallest absolute Gasteiger partial charge is 0.319 e. The van der Waals surface area contributed by atoms with E-state index in [2.05, 4.69) is 10.6 Å². The molecule has 0 aliphatic carbocycles. The van der Waals surface area contributed by atoms with Crippen molar-refractivity contribution < 1.29 is 9.90 Å². The highest BCUT2D eigenvalue weighted by Gasteiger charge is 2.06. The van der Waals surface area contributed by atoms with Gasteiger partial charge < -0.3 is 15.7 Å². The summed E-state index contributed by atoms with van der Waals surface area (Å²) < 4.78 is 0. The third kappa shape index (κ3) is 5.04. The summed E-state index contributed by atoms with van der Waals surface area (Å²) in [5.41, 5.74) is 0.660. The van der Waals surface area contributed by atoms with Crippen molar-refractivity contribution in [3.8, 4) is 0 Å². The number of aliphatic hydroxyl groups is 1. The van der Waals surface area contributed by atoms with Crippen LogP contribution in [-0.4, -0.2) is 17.7 Å². The number of carbonyl (C=O) groups is 1. The third-order valence-corrected chi connectivity index (χ3v) is 4.38. The second kappa shape index (κ2) is 7.45. The average molecular weight is 325 g/mol. The number of hydrogen-bond acceptors (Lipinski definition) is 3. The number of carbonyl (C=O) groups excluding carboxylic acids is 1. The van der Waals surface area contributed by atoms with Gasteiger partial charge in [-0.1, -0.05) is 17.7 Å². The number of urea groups is 1. The van der Waals surface area contributed by atoms with Crippen LogP contribution < -0.4 is 10.6 Å². The molecule has 3 N–H and O–H groups in total. The number of thiophene rings is 1. The van der Waals surface area contributed by atoms with Crippen LogP contribution in [0.4, 0.5) is 10.5 Å². The van der Waals surface area contributed by atoms with E-state index in [9.17, 15) is 9.90 Å². The first kappa shape index (κ1) is 15.8. The Labute approximate surface area is 132 Å². The van der Waals surface area contributed by atoms with Crippen LogP contribution in [0.2, 0.25) is 5.02 Å². The van der Waals surface area contributed by atoms with Crippen molar-refractivity contribution in [3.05, 3.63) is 51.2 Å². The Kier molecular flexibility index (Phi) is 5.61. The maximum absolute atomic E-state index is 11.7. The van der Waals surface area contributed by atoms with Crippen LogP contribution in [0.25, 0.3) is 0 Å². The van der Waals surface area contributed by atoms with E-state index < -0.39 is 6.10 Å². The fourth-order valence-electron chi connectivity index (χ4n) is 1.79. The fraction of sp³-hybridized carbons (Fsp3) is 0.267. The van der Waals surface area contributed by atoms with Crippen LogP contribution in [0.5, 0.6) is 0 Å². The Morgan fingerprint density at radius 3 is 2.86 bits per heavy atom. The van der Waals surface area contributed by atoms with Gasteiger partial charge in [0.25, 0.3) is 0 Å². The van der Waals surface area contributed by atoms with Gasteiger partial charge in [0.05, 0.1) is 6.10 Å². The van der Waals surface area contributed by atoms with Crippen LogP contribution in [0, 0.1) is 0 Å². The van der Waals surface area contributed by atoms with E-state index in [1.165, 1.54) is 0 Å². The summed E-state index contributed by atoms with van der Waals surface area (Å²) >= 11 is 7.41. The summed E-state index contributed by atoms with van der Waals surface area (Å²) in [5, 5.41) is 15.5. The minimum atomic E-state index is -0.442. The summed E-state index contributed by atoms with van der Waals surface area (Å²) in [6, 6.07) is 10.6. The highest BCUT2D eigenvalue weighted by Crippen LogP contribution is 2.23. The van der Waals surface area contributed by atoms with Crippen LogP contribution in [0.15, 0.2) is 36.4 Å². The molecule has 1 aromatic carbocycles. The first-order chi connectivity index (χ1) is 10.0. The molecule has 0 spiro atoms. The monoisotopic (exact) mass is 324 g/mol. The van der Waals surface area contributed by atoms with Crippen molar-refractivity contribution in [2.75, 3.05) is 11.9 Å². The fourth-order valence-corrected chi connectivity index (χ4v) is 2.93. The molecule has 0 bridgehead atoms. The number of benzene rings is 1. The third-order valence-electron chi connectivity index (χ3n) is 2.83. The van der Waals surface area contributed by atoms with Gasteiger partial charge in [-0.15, -0.1) is 11.3 Å². The topological polar surface area (TPSA) is 61.4 Å². The molecular formula is C15H17ClN2O2S. The van der Waals surface area contributed by atoms with E-state index in [1.54, 1.807) is 42.5 Å². The van der Waals surface area contributed by atoms with E-state index in [-0.39, 0.29) is 6.03 Å². The lowest BCUT2D eigenvalue weighted by molar-refractivity contribution is 0.203. The van der Waals surface area contributed by atoms with Crippen molar-refractivity contribution in [1.82, 2.24) is 5.32 Å². The Morgan fingerprint density at radius 1 is 1.38 bits per heavy atom. The molecule has 112 valence electrons. The molecule has 2 aromatic rings. The second-order valence-electron chi connectivity index (χ2n) is 4.62. The molecule has 4 nitrogen and oxygen atoms in total. The van der Waals surface area contributed by atoms with E-state index in [4.69, 9.17) is 11.6 Å². The van der Waals surface area contributed by atoms with Crippen LogP contribution in [0.3, 0.4) is 0 Å². The highest BCUT2D eigenvalue weighted by atomic mass is 35.5. The Balaban J connectivity index is 1.76. The molecule has 6 heteroatoms. The molecule has 1 atom stereocenters. The molecule has 1 aromatic heterocycles. The minimum Gasteiger partial charge on any atom is -0.388 e. The maximum atomic E-state index is 11.7. The summed E-state index contributed by atoms with van der Waals surface area (Å²) in [5.74, 6) is 0. The largest absolute Gasteiger partial charge is 0.388 e. The molecule has 0 fully saturated rings. The molecule has 0 saturated heterocycles. The van der Waals surface area contributed by atoms with Gasteiger partial charge in [0.2, 0.25) is 0 Å². The van der Waals surface area contributed by atoms with Gasteiger partial charge >= 0.3 is 6.03 Å². The predicted molar refractivity (Wildman–Crippen MR) is 87.1 cm³/mol. The van der Waals surface area contributed by atoms with Gasteiger partial charge in [-0.05, 0) is 43.7 Å². The Morgan fingerprint density at radius 2 is 2.19 bits per heavy atom. The lowest BCUT2D eigenvalue weighted by atomic mass is 10.3. The van der Waals surface area contributed by atoms with Gasteiger partial charge in [-0.3, -0.25) is 0 Å². The van der Waals surface area contributed by atoms with E-state index in [0.29, 0.717) is 17.3 Å². The molecule has 0 aliphatic heterocycles. The molecule has 0 unspecified atom stereocenters. The highest BCUT2D eigenvalue weighted by molar-refractivity contribution is 7.12. The van der Waals surface area contributed by atoms with Crippen LogP contribution in [-0.2, 0) is 6.42 Å². The first-order valence-electron chi connectivity index (χ1n) is 6.61. The summed E-state index contributed by atoms with van der Waals surface area (Å²) in [6.45, 7) is 2.28. The number of aliphatic hydroxyl groups excluding tert-OH is 1. The second-order valence-corrected chi connectivity index (χ2v) is 6.26. The number of hydrogen-bond donors (Lipinski definition) is 3. The zero-order valence-corrected chi connectivity index (χ0v) is 13.2. The molecule has 2 rings (SSSR count). The predicted octanol–water partition coefficient (Wildman–Crippen LogP) is 3.82. The summed E-state index contributed by atoms with van der Waals surface area (Å²) in [7, 11) is 0. The Bertz CT molecular complexity index is 613. The van der Waals surface area contributed by atoms with Crippen LogP contribution >= 0.6 is 22.9 Å². The molecule has 2 amide bonds. The lowest BCUT2D eigenvalue weighted by Crippen LogP contribution is -2.30. The van der Waals surface area contributed by atoms with Crippen molar-refractivity contribution in [3.63, 3.8) is 0 Å². The minimum absolute atomic E-state index is 0.260. The molecular weight excluding hydrogens is 308 g/mol. The number of anilines is 1. The van der Waals surface area contributed by atoms with Crippen molar-refractivity contribution in [2.45, 2.75) is 19.4 Å². The van der Waals surface area contributed by atoms with Gasteiger partial charge in [0.1, 0.15) is 0 Å². The molecule has 0 aliphatic rings. The van der Waals surface area contributed by atoms with Gasteiger partial charge in [0.15, 0.2) is 0 Å². The SMILES string of the molecule is C[C@@H](O)c1ccc(CCNC(=O)Nc2cccc(Cl)c2)s1. The lowest BCUT2D eigenvalue weighted by Gasteiger charge is -2.07. The van der Waals surface area contributed by atoms with Crippen molar-refractivity contribution in [1.29, 1.82) is 0 Å². The molecule has 0 saturated carbocycles. The normalized spacial score (nSPS) is 12.0. The number of halogens is 1. The zero-order valence-electron chi connectivity index (χ0n) is 11.6. The molecule has 1 heterocycles. The van der Waals surface area contributed by atoms with E-state index >= 15 is 0 Å². The van der Waals surface area contributed by atoms with Crippen LogP contribution in [0.1, 0.15) is 22.8 Å². The summed E-state index contributed by atoms with van der Waals surface area (Å²) in [6.07, 6.45) is 0.295. The number of amides is 2. The average Bonchev–Trinajstić information content (AvgIpc) is 2.87. The number of rotatable bonds is 5. The van der Waals surface area contributed by atoms with E-state index in [1.807, 2.05) is 12.1 Å². The molecule has 21 heavy (non-hydrogen) atoms. The number of nitrogens with one attached hydrogen (secondary N) is 2. The standard InChI is InChI=1S/C15H17ClN2O2S/c1-10(19)14-6-5-13(21-14)7-8-17-15(20)18-12-4-2-3-11(16)9-12/h2-6,9-10,19H,7-8H2,1H3,(H2,17,18,20)/t10-/m1/s1. The molecule has 0 radical (unpaired) electrons. The summed E-state index contributed by atoms with van der Waals surface area (Å²) in [4.78, 5) is 13.8. The van der Waals surface area contributed by atoms with Gasteiger partial charge in [-0.2, -0.15) is 0 Å². The van der Waals surface area contributed by atoms with Gasteiger partial charge in [0, 0.05) is 27.0 Å². The maximum Gasteiger partial charge on any atom is 0.319 e. The quantitative estimate of drug-likeness (QED) is 0.783. The first-order valence-corrected chi connectivity index (χ1v) is 7.81. The zero-order chi connectivity index (χ0) is 15.2. The van der Waals surface area contributed by atoms with Crippen molar-refractivity contribution >= 4 is 34.7 Å². The Hall–Kier alpha value is -1.56.